The molecule has 0 spiro atoms. The second kappa shape index (κ2) is 6.66. The van der Waals surface area contributed by atoms with Gasteiger partial charge < -0.3 is 9.47 Å². The molecule has 4 heteroatoms. The van der Waals surface area contributed by atoms with Crippen molar-refractivity contribution in [3.63, 3.8) is 0 Å². The maximum Gasteiger partial charge on any atom is 0.340 e. The summed E-state index contributed by atoms with van der Waals surface area (Å²) in [5.74, 6) is -0.375. The molecule has 0 aliphatic heterocycles. The Balaban J connectivity index is 2.01. The molecule has 0 saturated heterocycles. The molecule has 0 atom stereocenters. The molecule has 1 aromatic heterocycles. The van der Waals surface area contributed by atoms with Crippen molar-refractivity contribution in [1.29, 1.82) is 0 Å². The molecule has 0 bridgehead atoms. The van der Waals surface area contributed by atoms with Crippen LogP contribution in [0.25, 0.3) is 0 Å². The number of carbonyl (C=O) groups is 1. The third kappa shape index (κ3) is 3.63. The van der Waals surface area contributed by atoms with E-state index in [9.17, 15) is 4.79 Å². The summed E-state index contributed by atoms with van der Waals surface area (Å²) in [4.78, 5) is 15.7. The third-order valence-electron chi connectivity index (χ3n) is 2.67. The highest BCUT2D eigenvalue weighted by Gasteiger charge is 2.08. The van der Waals surface area contributed by atoms with Crippen molar-refractivity contribution in [3.05, 3.63) is 65.5 Å². The predicted molar refractivity (Wildman–Crippen MR) is 70.5 cm³/mol. The Morgan fingerprint density at radius 1 is 1.11 bits per heavy atom. The Bertz CT molecular complexity index is 540. The van der Waals surface area contributed by atoms with E-state index in [2.05, 4.69) is 4.98 Å². The first kappa shape index (κ1) is 13.2. The van der Waals surface area contributed by atoms with Gasteiger partial charge in [0.15, 0.2) is 0 Å². The van der Waals surface area contributed by atoms with Crippen LogP contribution in [0.4, 0.5) is 0 Å². The van der Waals surface area contributed by atoms with Crippen LogP contribution in [0.1, 0.15) is 21.5 Å². The van der Waals surface area contributed by atoms with Crippen molar-refractivity contribution >= 4 is 5.97 Å². The summed E-state index contributed by atoms with van der Waals surface area (Å²) in [5.41, 5.74) is 2.41. The lowest BCUT2D eigenvalue weighted by Gasteiger charge is -2.09. The molecule has 0 amide bonds. The van der Waals surface area contributed by atoms with E-state index in [1.54, 1.807) is 25.4 Å². The van der Waals surface area contributed by atoms with Gasteiger partial charge in [-0.2, -0.15) is 0 Å². The van der Waals surface area contributed by atoms with Crippen LogP contribution in [0.15, 0.2) is 48.8 Å². The van der Waals surface area contributed by atoms with Crippen LogP contribution >= 0.6 is 0 Å². The molecule has 2 aromatic rings. The second-order valence-corrected chi connectivity index (χ2v) is 4.02. The first-order chi connectivity index (χ1) is 9.31. The maximum atomic E-state index is 11.8. The highest BCUT2D eigenvalue weighted by molar-refractivity contribution is 5.88. The van der Waals surface area contributed by atoms with Gasteiger partial charge in [-0.15, -0.1) is 0 Å². The number of rotatable bonds is 5. The van der Waals surface area contributed by atoms with Crippen molar-refractivity contribution in [2.75, 3.05) is 7.11 Å². The van der Waals surface area contributed by atoms with Gasteiger partial charge in [0.1, 0.15) is 6.61 Å². The summed E-state index contributed by atoms with van der Waals surface area (Å²) in [5, 5.41) is 0. The molecule has 19 heavy (non-hydrogen) atoms. The highest BCUT2D eigenvalue weighted by Crippen LogP contribution is 2.12. The van der Waals surface area contributed by atoms with Gasteiger partial charge in [0.2, 0.25) is 0 Å². The summed E-state index contributed by atoms with van der Waals surface area (Å²) < 4.78 is 10.4. The quantitative estimate of drug-likeness (QED) is 0.772. The number of pyridine rings is 1. The fourth-order valence-corrected chi connectivity index (χ4v) is 1.70. The van der Waals surface area contributed by atoms with Crippen LogP contribution < -0.4 is 0 Å². The van der Waals surface area contributed by atoms with E-state index in [4.69, 9.17) is 9.47 Å². The average molecular weight is 257 g/mol. The van der Waals surface area contributed by atoms with Gasteiger partial charge in [-0.3, -0.25) is 4.98 Å². The molecule has 0 unspecified atom stereocenters. The lowest BCUT2D eigenvalue weighted by atomic mass is 10.1. The fraction of sp³-hybridized carbons (Fsp3) is 0.200. The van der Waals surface area contributed by atoms with Gasteiger partial charge >= 0.3 is 5.97 Å². The van der Waals surface area contributed by atoms with Gasteiger partial charge in [0.25, 0.3) is 0 Å². The van der Waals surface area contributed by atoms with Crippen molar-refractivity contribution in [1.82, 2.24) is 4.98 Å². The zero-order valence-electron chi connectivity index (χ0n) is 10.7. The molecule has 0 aliphatic rings. The van der Waals surface area contributed by atoms with E-state index >= 15 is 0 Å². The normalized spacial score (nSPS) is 10.2. The number of ether oxygens (including phenoxy) is 2. The topological polar surface area (TPSA) is 48.4 Å². The van der Waals surface area contributed by atoms with Gasteiger partial charge in [-0.25, -0.2) is 4.79 Å². The smallest absolute Gasteiger partial charge is 0.340 e. The predicted octanol–water partition coefficient (Wildman–Crippen LogP) is 2.59. The lowest BCUT2D eigenvalue weighted by molar-refractivity contribution is 0.0469. The zero-order chi connectivity index (χ0) is 13.5. The van der Waals surface area contributed by atoms with Crippen molar-refractivity contribution in [2.24, 2.45) is 0 Å². The first-order valence-corrected chi connectivity index (χ1v) is 5.94. The number of carbonyl (C=O) groups excluding carboxylic acids is 1. The minimum Gasteiger partial charge on any atom is -0.457 e. The minimum absolute atomic E-state index is 0.229. The molecular formula is C15H15NO3. The number of nitrogens with zero attached hydrogens (tertiary/aromatic N) is 1. The number of hydrogen-bond donors (Lipinski definition) is 0. The Morgan fingerprint density at radius 3 is 2.47 bits per heavy atom. The molecule has 0 fully saturated rings. The van der Waals surface area contributed by atoms with Gasteiger partial charge in [-0.05, 0) is 23.3 Å². The van der Waals surface area contributed by atoms with Crippen LogP contribution in [0.2, 0.25) is 0 Å². The number of benzene rings is 1. The zero-order valence-corrected chi connectivity index (χ0v) is 10.7. The summed E-state index contributed by atoms with van der Waals surface area (Å²) in [6.45, 7) is 0.730. The van der Waals surface area contributed by atoms with E-state index in [0.717, 1.165) is 11.1 Å². The average Bonchev–Trinajstić information content (AvgIpc) is 2.47. The second-order valence-electron chi connectivity index (χ2n) is 4.02. The summed E-state index contributed by atoms with van der Waals surface area (Å²) in [6.07, 6.45) is 3.11. The van der Waals surface area contributed by atoms with Crippen molar-refractivity contribution in [2.45, 2.75) is 13.2 Å². The van der Waals surface area contributed by atoms with Crippen molar-refractivity contribution in [3.8, 4) is 0 Å². The van der Waals surface area contributed by atoms with Gasteiger partial charge in [0, 0.05) is 19.5 Å². The largest absolute Gasteiger partial charge is 0.457 e. The van der Waals surface area contributed by atoms with E-state index in [1.165, 1.54) is 6.20 Å². The number of hydrogen-bond acceptors (Lipinski definition) is 4. The van der Waals surface area contributed by atoms with Gasteiger partial charge in [-0.1, -0.05) is 24.3 Å². The fourth-order valence-electron chi connectivity index (χ4n) is 1.70. The molecule has 0 radical (unpaired) electrons. The molecule has 2 rings (SSSR count). The Kier molecular flexibility index (Phi) is 4.64. The van der Waals surface area contributed by atoms with E-state index in [0.29, 0.717) is 12.2 Å². The van der Waals surface area contributed by atoms with Crippen molar-refractivity contribution < 1.29 is 14.3 Å². The molecule has 98 valence electrons. The number of aromatic nitrogens is 1. The number of esters is 1. The molecule has 1 heterocycles. The Morgan fingerprint density at radius 2 is 1.84 bits per heavy atom. The first-order valence-electron chi connectivity index (χ1n) is 5.94. The monoisotopic (exact) mass is 257 g/mol. The standard InChI is InChI=1S/C15H15NO3/c1-18-10-13-5-2-3-6-14(13)11-19-15(17)12-7-4-8-16-9-12/h2-9H,10-11H2,1H3. The van der Waals surface area contributed by atoms with E-state index < -0.39 is 0 Å². The molecule has 0 aliphatic carbocycles. The molecule has 0 saturated carbocycles. The lowest BCUT2D eigenvalue weighted by Crippen LogP contribution is -2.07. The molecule has 0 N–H and O–H groups in total. The Labute approximate surface area is 112 Å². The Hall–Kier alpha value is -2.20. The number of methoxy groups -OCH3 is 1. The van der Waals surface area contributed by atoms with Gasteiger partial charge in [0.05, 0.1) is 12.2 Å². The summed E-state index contributed by atoms with van der Waals surface area (Å²) in [7, 11) is 1.64. The summed E-state index contributed by atoms with van der Waals surface area (Å²) >= 11 is 0. The van der Waals surface area contributed by atoms with E-state index in [1.807, 2.05) is 24.3 Å². The third-order valence-corrected chi connectivity index (χ3v) is 2.67. The van der Waals surface area contributed by atoms with Crippen LogP contribution in [0, 0.1) is 0 Å². The minimum atomic E-state index is -0.375. The van der Waals surface area contributed by atoms with Crippen LogP contribution in [-0.4, -0.2) is 18.1 Å². The van der Waals surface area contributed by atoms with Crippen LogP contribution in [-0.2, 0) is 22.7 Å². The van der Waals surface area contributed by atoms with Crippen LogP contribution in [0.5, 0.6) is 0 Å². The molecule has 1 aromatic carbocycles. The SMILES string of the molecule is COCc1ccccc1COC(=O)c1cccnc1. The van der Waals surface area contributed by atoms with E-state index in [-0.39, 0.29) is 12.6 Å². The molecule has 4 nitrogen and oxygen atoms in total. The molecular weight excluding hydrogens is 242 g/mol. The van der Waals surface area contributed by atoms with Crippen LogP contribution in [0.3, 0.4) is 0 Å². The maximum absolute atomic E-state index is 11.8. The highest BCUT2D eigenvalue weighted by atomic mass is 16.5. The summed E-state index contributed by atoms with van der Waals surface area (Å²) in [6, 6.07) is 11.1.